The second-order valence-corrected chi connectivity index (χ2v) is 6.45. The van der Waals surface area contributed by atoms with Gasteiger partial charge in [0.2, 0.25) is 0 Å². The number of rotatable bonds is 12. The normalized spacial score (nSPS) is 10.2. The molecule has 0 aliphatic heterocycles. The van der Waals surface area contributed by atoms with Crippen molar-refractivity contribution in [1.82, 2.24) is 0 Å². The zero-order chi connectivity index (χ0) is 24.1. The number of nitrogen functional groups attached to an aromatic ring is 2. The highest BCUT2D eigenvalue weighted by Gasteiger charge is 2.12. The molecule has 4 N–H and O–H groups in total. The molecule has 0 unspecified atom stereocenters. The monoisotopic (exact) mass is 460 g/mol. The molecule has 0 aromatic heterocycles. The maximum atomic E-state index is 11.8. The first-order valence-electron chi connectivity index (χ1n) is 9.79. The lowest BCUT2D eigenvalue weighted by Crippen LogP contribution is -2.20. The van der Waals surface area contributed by atoms with Crippen molar-refractivity contribution >= 4 is 35.3 Å². The van der Waals surface area contributed by atoms with Crippen molar-refractivity contribution < 1.29 is 42.9 Å². The van der Waals surface area contributed by atoms with Crippen LogP contribution in [-0.4, -0.2) is 63.5 Å². The van der Waals surface area contributed by atoms with Crippen LogP contribution in [0.25, 0.3) is 0 Å². The van der Waals surface area contributed by atoms with Crippen LogP contribution in [0, 0.1) is 0 Å². The largest absolute Gasteiger partial charge is 0.461 e. The van der Waals surface area contributed by atoms with E-state index in [1.165, 1.54) is 48.5 Å². The van der Waals surface area contributed by atoms with E-state index in [1.807, 2.05) is 0 Å². The minimum absolute atomic E-state index is 0.0430. The molecule has 33 heavy (non-hydrogen) atoms. The highest BCUT2D eigenvalue weighted by Crippen LogP contribution is 2.07. The van der Waals surface area contributed by atoms with Gasteiger partial charge in [-0.1, -0.05) is 0 Å². The van der Waals surface area contributed by atoms with Crippen molar-refractivity contribution in [1.29, 1.82) is 0 Å². The molecule has 0 saturated heterocycles. The molecule has 0 bridgehead atoms. The third-order valence-corrected chi connectivity index (χ3v) is 3.92. The van der Waals surface area contributed by atoms with Crippen LogP contribution in [0.3, 0.4) is 0 Å². The van der Waals surface area contributed by atoms with Crippen LogP contribution in [0.2, 0.25) is 0 Å². The van der Waals surface area contributed by atoms with Crippen molar-refractivity contribution in [2.45, 2.75) is 0 Å². The topological polar surface area (TPSA) is 166 Å². The van der Waals surface area contributed by atoms with Gasteiger partial charge in [-0.25, -0.2) is 19.2 Å². The van der Waals surface area contributed by atoms with Crippen LogP contribution in [0.15, 0.2) is 48.5 Å². The van der Waals surface area contributed by atoms with Crippen LogP contribution < -0.4 is 11.5 Å². The van der Waals surface area contributed by atoms with Gasteiger partial charge in [0, 0.05) is 11.4 Å². The summed E-state index contributed by atoms with van der Waals surface area (Å²) >= 11 is 0. The van der Waals surface area contributed by atoms with Gasteiger partial charge in [0.15, 0.2) is 13.2 Å². The van der Waals surface area contributed by atoms with E-state index in [2.05, 4.69) is 0 Å². The van der Waals surface area contributed by atoms with Gasteiger partial charge in [0.1, 0.15) is 13.2 Å². The van der Waals surface area contributed by atoms with E-state index in [0.717, 1.165) is 0 Å². The van der Waals surface area contributed by atoms with Crippen LogP contribution in [0.4, 0.5) is 11.4 Å². The van der Waals surface area contributed by atoms with E-state index < -0.39 is 37.1 Å². The standard InChI is InChI=1S/C22H24N2O9/c23-17-5-1-15(2-6-17)21(27)32-13-19(25)30-11-9-29-10-12-31-20(26)14-33-22(28)16-3-7-18(24)8-4-16/h1-8H,9-14,23-24H2. The first-order valence-corrected chi connectivity index (χ1v) is 9.79. The quantitative estimate of drug-likeness (QED) is 0.200. The summed E-state index contributed by atoms with van der Waals surface area (Å²) in [5, 5.41) is 0. The fraction of sp³-hybridized carbons (Fsp3) is 0.273. The zero-order valence-electron chi connectivity index (χ0n) is 17.7. The van der Waals surface area contributed by atoms with E-state index in [9.17, 15) is 19.2 Å². The number of carbonyl (C=O) groups excluding carboxylic acids is 4. The number of carbonyl (C=O) groups is 4. The maximum Gasteiger partial charge on any atom is 0.344 e. The number of esters is 4. The van der Waals surface area contributed by atoms with E-state index in [0.29, 0.717) is 11.4 Å². The fourth-order valence-electron chi connectivity index (χ4n) is 2.27. The molecule has 0 spiro atoms. The predicted molar refractivity (Wildman–Crippen MR) is 115 cm³/mol. The summed E-state index contributed by atoms with van der Waals surface area (Å²) in [6.07, 6.45) is 0. The molecule has 176 valence electrons. The van der Waals surface area contributed by atoms with Gasteiger partial charge in [-0.15, -0.1) is 0 Å². The Hall–Kier alpha value is -4.12. The molecule has 0 saturated carbocycles. The number of benzene rings is 2. The minimum atomic E-state index is -0.739. The second kappa shape index (κ2) is 13.3. The van der Waals surface area contributed by atoms with E-state index in [1.54, 1.807) is 0 Å². The minimum Gasteiger partial charge on any atom is -0.461 e. The molecule has 0 radical (unpaired) electrons. The SMILES string of the molecule is Nc1ccc(C(=O)OCC(=O)OCCOCCOC(=O)COC(=O)c2ccc(N)cc2)cc1. The van der Waals surface area contributed by atoms with Gasteiger partial charge >= 0.3 is 23.9 Å². The molecule has 2 rings (SSSR count). The Morgan fingerprint density at radius 1 is 0.545 bits per heavy atom. The summed E-state index contributed by atoms with van der Waals surface area (Å²) in [4.78, 5) is 46.7. The van der Waals surface area contributed by atoms with Crippen LogP contribution >= 0.6 is 0 Å². The molecular formula is C22H24N2O9. The first kappa shape index (κ1) is 25.1. The van der Waals surface area contributed by atoms with Gasteiger partial charge in [0.25, 0.3) is 0 Å². The molecule has 0 fully saturated rings. The maximum absolute atomic E-state index is 11.8. The number of anilines is 2. The fourth-order valence-corrected chi connectivity index (χ4v) is 2.27. The van der Waals surface area contributed by atoms with E-state index in [-0.39, 0.29) is 37.6 Å². The average Bonchev–Trinajstić information content (AvgIpc) is 2.81. The lowest BCUT2D eigenvalue weighted by Gasteiger charge is -2.08. The Balaban J connectivity index is 1.47. The Kier molecular flexibility index (Phi) is 10.2. The van der Waals surface area contributed by atoms with Crippen molar-refractivity contribution in [2.75, 3.05) is 51.1 Å². The van der Waals surface area contributed by atoms with Gasteiger partial charge < -0.3 is 35.2 Å². The van der Waals surface area contributed by atoms with Crippen molar-refractivity contribution in [3.05, 3.63) is 59.7 Å². The molecule has 11 nitrogen and oxygen atoms in total. The number of ether oxygens (including phenoxy) is 5. The van der Waals surface area contributed by atoms with Gasteiger partial charge in [0.05, 0.1) is 24.3 Å². The van der Waals surface area contributed by atoms with Crippen molar-refractivity contribution in [2.24, 2.45) is 0 Å². The molecule has 0 amide bonds. The lowest BCUT2D eigenvalue weighted by molar-refractivity contribution is -0.150. The predicted octanol–water partition coefficient (Wildman–Crippen LogP) is 0.968. The second-order valence-electron chi connectivity index (χ2n) is 6.45. The van der Waals surface area contributed by atoms with E-state index in [4.69, 9.17) is 35.2 Å². The van der Waals surface area contributed by atoms with Crippen LogP contribution in [-0.2, 0) is 33.3 Å². The molecule has 0 aliphatic carbocycles. The molecule has 2 aromatic carbocycles. The Morgan fingerprint density at radius 3 is 1.27 bits per heavy atom. The first-order chi connectivity index (χ1) is 15.8. The van der Waals surface area contributed by atoms with Crippen molar-refractivity contribution in [3.63, 3.8) is 0 Å². The third-order valence-electron chi connectivity index (χ3n) is 3.92. The molecular weight excluding hydrogens is 436 g/mol. The van der Waals surface area contributed by atoms with Gasteiger partial charge in [-0.05, 0) is 48.5 Å². The molecule has 2 aromatic rings. The lowest BCUT2D eigenvalue weighted by atomic mass is 10.2. The van der Waals surface area contributed by atoms with Gasteiger partial charge in [-0.3, -0.25) is 0 Å². The summed E-state index contributed by atoms with van der Waals surface area (Å²) in [6, 6.07) is 12.1. The summed E-state index contributed by atoms with van der Waals surface area (Å²) in [6.45, 7) is -1.16. The Labute approximate surface area is 189 Å². The third kappa shape index (κ3) is 9.70. The molecule has 0 atom stereocenters. The summed E-state index contributed by atoms with van der Waals surface area (Å²) in [7, 11) is 0. The summed E-state index contributed by atoms with van der Waals surface area (Å²) in [5.74, 6) is -2.83. The molecule has 11 heteroatoms. The molecule has 0 aliphatic rings. The number of hydrogen-bond donors (Lipinski definition) is 2. The number of nitrogens with two attached hydrogens (primary N) is 2. The summed E-state index contributed by atoms with van der Waals surface area (Å²) < 4.78 is 24.5. The molecule has 0 heterocycles. The van der Waals surface area contributed by atoms with Crippen molar-refractivity contribution in [3.8, 4) is 0 Å². The van der Waals surface area contributed by atoms with E-state index >= 15 is 0 Å². The average molecular weight is 460 g/mol. The smallest absolute Gasteiger partial charge is 0.344 e. The van der Waals surface area contributed by atoms with Crippen LogP contribution in [0.1, 0.15) is 20.7 Å². The number of hydrogen-bond acceptors (Lipinski definition) is 11. The highest BCUT2D eigenvalue weighted by atomic mass is 16.6. The summed E-state index contributed by atoms with van der Waals surface area (Å²) in [5.41, 5.74) is 12.6. The Bertz CT molecular complexity index is 866. The Morgan fingerprint density at radius 2 is 0.909 bits per heavy atom. The highest BCUT2D eigenvalue weighted by molar-refractivity contribution is 5.91. The van der Waals surface area contributed by atoms with Gasteiger partial charge in [-0.2, -0.15) is 0 Å². The zero-order valence-corrected chi connectivity index (χ0v) is 17.7. The van der Waals surface area contributed by atoms with Crippen LogP contribution in [0.5, 0.6) is 0 Å².